The molecule has 0 aliphatic heterocycles. The van der Waals surface area contributed by atoms with Crippen molar-refractivity contribution in [1.82, 2.24) is 5.16 Å². The molecule has 0 aliphatic rings. The summed E-state index contributed by atoms with van der Waals surface area (Å²) in [6, 6.07) is 0. The van der Waals surface area contributed by atoms with Crippen LogP contribution in [0.4, 0.5) is 0 Å². The minimum absolute atomic E-state index is 1.51. The van der Waals surface area contributed by atoms with Crippen LogP contribution >= 0.6 is 0 Å². The minimum atomic E-state index is 1.51. The van der Waals surface area contributed by atoms with Crippen LogP contribution in [0.1, 0.15) is 0 Å². The van der Waals surface area contributed by atoms with Gasteiger partial charge in [-0.05, 0) is 0 Å². The van der Waals surface area contributed by atoms with Crippen molar-refractivity contribution in [2.24, 2.45) is 7.05 Å². The van der Waals surface area contributed by atoms with Crippen molar-refractivity contribution < 1.29 is 9.09 Å². The SMILES string of the molecule is C[n+]1cnoc1. The molecular formula is C3H5N2O+. The molecule has 0 fully saturated rings. The smallest absolute Gasteiger partial charge is 0.222 e. The lowest BCUT2D eigenvalue weighted by molar-refractivity contribution is -0.675. The summed E-state index contributed by atoms with van der Waals surface area (Å²) in [5, 5.41) is 3.41. The molecule has 0 atom stereocenters. The summed E-state index contributed by atoms with van der Waals surface area (Å²) >= 11 is 0. The fourth-order valence-corrected chi connectivity index (χ4v) is 0.230. The van der Waals surface area contributed by atoms with Crippen molar-refractivity contribution in [1.29, 1.82) is 0 Å². The van der Waals surface area contributed by atoms with Gasteiger partial charge in [0.05, 0.1) is 7.05 Å². The average molecular weight is 85.1 g/mol. The van der Waals surface area contributed by atoms with E-state index in [2.05, 4.69) is 9.68 Å². The Labute approximate surface area is 35.2 Å². The third-order valence-electron chi connectivity index (χ3n) is 0.504. The van der Waals surface area contributed by atoms with E-state index in [0.717, 1.165) is 0 Å². The van der Waals surface area contributed by atoms with Crippen LogP contribution in [0, 0.1) is 0 Å². The van der Waals surface area contributed by atoms with Crippen molar-refractivity contribution in [2.45, 2.75) is 0 Å². The van der Waals surface area contributed by atoms with Gasteiger partial charge in [-0.3, -0.25) is 0 Å². The van der Waals surface area contributed by atoms with Crippen LogP contribution in [-0.2, 0) is 7.05 Å². The Hall–Kier alpha value is -0.860. The zero-order valence-electron chi connectivity index (χ0n) is 3.46. The first kappa shape index (κ1) is 3.33. The first-order valence-electron chi connectivity index (χ1n) is 1.64. The van der Waals surface area contributed by atoms with Crippen molar-refractivity contribution in [3.8, 4) is 0 Å². The number of aryl methyl sites for hydroxylation is 1. The van der Waals surface area contributed by atoms with E-state index in [4.69, 9.17) is 0 Å². The molecule has 0 spiro atoms. The molecule has 1 aromatic rings. The zero-order valence-corrected chi connectivity index (χ0v) is 3.46. The maximum absolute atomic E-state index is 4.43. The van der Waals surface area contributed by atoms with Crippen LogP contribution in [0.3, 0.4) is 0 Å². The number of hydrogen-bond acceptors (Lipinski definition) is 2. The van der Waals surface area contributed by atoms with Crippen LogP contribution in [0.15, 0.2) is 17.2 Å². The van der Waals surface area contributed by atoms with E-state index < -0.39 is 0 Å². The molecule has 0 amide bonds. The highest BCUT2D eigenvalue weighted by Gasteiger charge is 1.85. The summed E-state index contributed by atoms with van der Waals surface area (Å²) < 4.78 is 6.15. The molecule has 0 saturated heterocycles. The Kier molecular flexibility index (Phi) is 0.602. The lowest BCUT2D eigenvalue weighted by Crippen LogP contribution is -2.22. The molecule has 0 saturated carbocycles. The van der Waals surface area contributed by atoms with Gasteiger partial charge in [-0.2, -0.15) is 0 Å². The second kappa shape index (κ2) is 1.08. The van der Waals surface area contributed by atoms with Crippen LogP contribution in [0.25, 0.3) is 0 Å². The van der Waals surface area contributed by atoms with Gasteiger partial charge in [0, 0.05) is 0 Å². The van der Waals surface area contributed by atoms with E-state index in [1.54, 1.807) is 10.9 Å². The molecule has 0 aliphatic carbocycles. The molecule has 1 rings (SSSR count). The molecule has 3 heteroatoms. The van der Waals surface area contributed by atoms with Gasteiger partial charge in [0.15, 0.2) is 5.16 Å². The van der Waals surface area contributed by atoms with Gasteiger partial charge in [-0.25, -0.2) is 9.09 Å². The number of aromatic nitrogens is 2. The van der Waals surface area contributed by atoms with Crippen molar-refractivity contribution in [3.63, 3.8) is 0 Å². The molecule has 1 aromatic heterocycles. The molecule has 0 N–H and O–H groups in total. The van der Waals surface area contributed by atoms with Gasteiger partial charge in [0.2, 0.25) is 0 Å². The van der Waals surface area contributed by atoms with Gasteiger partial charge in [-0.1, -0.05) is 0 Å². The Morgan fingerprint density at radius 3 is 2.83 bits per heavy atom. The predicted molar refractivity (Wildman–Crippen MR) is 17.7 cm³/mol. The number of hydrogen-bond donors (Lipinski definition) is 0. The summed E-state index contributed by atoms with van der Waals surface area (Å²) in [5.41, 5.74) is 0. The summed E-state index contributed by atoms with van der Waals surface area (Å²) in [5.74, 6) is 0. The lowest BCUT2D eigenvalue weighted by atomic mass is 11.1. The van der Waals surface area contributed by atoms with Gasteiger partial charge in [-0.15, -0.1) is 0 Å². The Balaban J connectivity index is 3.05. The number of nitrogens with zero attached hydrogens (tertiary/aromatic N) is 2. The van der Waals surface area contributed by atoms with Crippen LogP contribution in [0.5, 0.6) is 0 Å². The molecule has 0 bridgehead atoms. The van der Waals surface area contributed by atoms with Crippen LogP contribution < -0.4 is 4.57 Å². The average Bonchev–Trinajstić information content (AvgIpc) is 1.86. The number of rotatable bonds is 0. The van der Waals surface area contributed by atoms with E-state index in [1.807, 2.05) is 7.05 Å². The third kappa shape index (κ3) is 0.381. The van der Waals surface area contributed by atoms with Gasteiger partial charge >= 0.3 is 12.7 Å². The molecular weight excluding hydrogens is 80.0 g/mol. The molecule has 0 aromatic carbocycles. The largest absolute Gasteiger partial charge is 0.336 e. The van der Waals surface area contributed by atoms with Crippen LogP contribution in [-0.4, -0.2) is 5.16 Å². The van der Waals surface area contributed by atoms with Crippen LogP contribution in [0.2, 0.25) is 0 Å². The zero-order chi connectivity index (χ0) is 4.41. The Morgan fingerprint density at radius 2 is 2.67 bits per heavy atom. The van der Waals surface area contributed by atoms with Crippen molar-refractivity contribution >= 4 is 0 Å². The van der Waals surface area contributed by atoms with E-state index in [0.29, 0.717) is 0 Å². The van der Waals surface area contributed by atoms with Gasteiger partial charge in [0.1, 0.15) is 0 Å². The topological polar surface area (TPSA) is 29.9 Å². The third-order valence-corrected chi connectivity index (χ3v) is 0.504. The second-order valence-corrected chi connectivity index (χ2v) is 1.10. The molecule has 32 valence electrons. The fraction of sp³-hybridized carbons (Fsp3) is 0.333. The summed E-state index contributed by atoms with van der Waals surface area (Å²) in [6.07, 6.45) is 3.10. The summed E-state index contributed by atoms with van der Waals surface area (Å²) in [6.45, 7) is 0. The van der Waals surface area contributed by atoms with E-state index >= 15 is 0 Å². The van der Waals surface area contributed by atoms with Crippen molar-refractivity contribution in [3.05, 3.63) is 12.7 Å². The maximum Gasteiger partial charge on any atom is 0.336 e. The van der Waals surface area contributed by atoms with E-state index in [1.165, 1.54) is 6.39 Å². The normalized spacial score (nSPS) is 8.83. The summed E-state index contributed by atoms with van der Waals surface area (Å²) in [7, 11) is 1.84. The van der Waals surface area contributed by atoms with E-state index in [-0.39, 0.29) is 0 Å². The first-order valence-corrected chi connectivity index (χ1v) is 1.64. The predicted octanol–water partition coefficient (Wildman–Crippen LogP) is -0.501. The highest BCUT2D eigenvalue weighted by Crippen LogP contribution is 1.59. The highest BCUT2D eigenvalue weighted by molar-refractivity contribution is 4.15. The molecule has 1 heterocycles. The maximum atomic E-state index is 4.43. The standard InChI is InChI=1S/C3H5N2O/c1-5-2-4-6-3-5/h2-3H,1H3/q+1. The summed E-state index contributed by atoms with van der Waals surface area (Å²) in [4.78, 5) is 0. The van der Waals surface area contributed by atoms with Crippen molar-refractivity contribution in [2.75, 3.05) is 0 Å². The molecule has 0 unspecified atom stereocenters. The molecule has 0 radical (unpaired) electrons. The Morgan fingerprint density at radius 1 is 1.83 bits per heavy atom. The fourth-order valence-electron chi connectivity index (χ4n) is 0.230. The Bertz CT molecular complexity index is 112. The molecule has 6 heavy (non-hydrogen) atoms. The monoisotopic (exact) mass is 85.0 g/mol. The quantitative estimate of drug-likeness (QED) is 0.397. The molecule has 3 nitrogen and oxygen atoms in total. The second-order valence-electron chi connectivity index (χ2n) is 1.10. The first-order chi connectivity index (χ1) is 2.89. The van der Waals surface area contributed by atoms with Gasteiger partial charge < -0.3 is 0 Å². The minimum Gasteiger partial charge on any atom is -0.222 e. The highest BCUT2D eigenvalue weighted by atomic mass is 16.5. The lowest BCUT2D eigenvalue weighted by Gasteiger charge is -1.61. The van der Waals surface area contributed by atoms with Gasteiger partial charge in [0.25, 0.3) is 0 Å². The van der Waals surface area contributed by atoms with E-state index in [9.17, 15) is 0 Å².